The molecule has 0 saturated carbocycles. The van der Waals surface area contributed by atoms with Gasteiger partial charge in [0.15, 0.2) is 0 Å². The third-order valence-corrected chi connectivity index (χ3v) is 6.81. The number of halogens is 7. The highest BCUT2D eigenvalue weighted by Crippen LogP contribution is 2.52. The average Bonchev–Trinajstić information content (AvgIpc) is 3.08. The van der Waals surface area contributed by atoms with Gasteiger partial charge >= 0.3 is 18.1 Å². The Morgan fingerprint density at radius 3 is 2.18 bits per heavy atom. The Kier molecular flexibility index (Phi) is 9.57. The summed E-state index contributed by atoms with van der Waals surface area (Å²) < 4.78 is 62.3. The van der Waals surface area contributed by atoms with Crippen LogP contribution < -0.4 is 5.32 Å². The molecule has 3 rings (SSSR count). The molecular weight excluding hydrogens is 603 g/mol. The molecule has 0 aromatic heterocycles. The molecule has 0 unspecified atom stereocenters. The van der Waals surface area contributed by atoms with Crippen LogP contribution in [-0.2, 0) is 15.0 Å². The third-order valence-electron chi connectivity index (χ3n) is 5.96. The molecule has 1 fully saturated rings. The molecule has 1 aliphatic rings. The lowest BCUT2D eigenvalue weighted by Crippen LogP contribution is -2.44. The van der Waals surface area contributed by atoms with Crippen molar-refractivity contribution in [2.24, 2.45) is 5.41 Å². The smallest absolute Gasteiger partial charge is 0.480 e. The molecule has 0 bridgehead atoms. The molecule has 206 valence electrons. The van der Waals surface area contributed by atoms with Crippen LogP contribution in [0.15, 0.2) is 40.9 Å². The Bertz CT molecular complexity index is 1260. The van der Waals surface area contributed by atoms with E-state index in [1.807, 2.05) is 20.8 Å². The maximum absolute atomic E-state index is 15.2. The highest BCUT2D eigenvalue weighted by Gasteiger charge is 2.61. The Morgan fingerprint density at radius 1 is 1.16 bits per heavy atom. The second kappa shape index (κ2) is 11.6. The van der Waals surface area contributed by atoms with E-state index in [2.05, 4.69) is 27.3 Å². The minimum Gasteiger partial charge on any atom is -0.480 e. The number of rotatable bonds is 4. The van der Waals surface area contributed by atoms with Gasteiger partial charge in [0.1, 0.15) is 23.1 Å². The van der Waals surface area contributed by atoms with Crippen molar-refractivity contribution >= 4 is 39.5 Å². The zero-order valence-corrected chi connectivity index (χ0v) is 22.5. The second-order valence-corrected chi connectivity index (χ2v) is 11.1. The van der Waals surface area contributed by atoms with E-state index >= 15 is 8.78 Å². The van der Waals surface area contributed by atoms with Gasteiger partial charge in [0.05, 0.1) is 10.5 Å². The second-order valence-electron chi connectivity index (χ2n) is 9.83. The van der Waals surface area contributed by atoms with Gasteiger partial charge in [-0.15, -0.1) is 0 Å². The highest BCUT2D eigenvalue weighted by molar-refractivity contribution is 9.10. The average molecular weight is 626 g/mol. The molecule has 4 atom stereocenters. The first-order valence-corrected chi connectivity index (χ1v) is 12.1. The molecule has 13 heteroatoms. The summed E-state index contributed by atoms with van der Waals surface area (Å²) >= 11 is 9.07. The maximum atomic E-state index is 15.2. The first-order chi connectivity index (χ1) is 17.4. The van der Waals surface area contributed by atoms with Gasteiger partial charge in [0.25, 0.3) is 0 Å². The van der Waals surface area contributed by atoms with Gasteiger partial charge in [-0.25, -0.2) is 13.6 Å². The van der Waals surface area contributed by atoms with E-state index in [1.165, 1.54) is 24.3 Å². The summed E-state index contributed by atoms with van der Waals surface area (Å²) in [5, 5.41) is 30.8. The van der Waals surface area contributed by atoms with Gasteiger partial charge < -0.3 is 10.2 Å². The fourth-order valence-electron chi connectivity index (χ4n) is 4.54. The molecular formula is C25H23BrClF5N2O4. The van der Waals surface area contributed by atoms with Crippen molar-refractivity contribution in [3.8, 4) is 6.07 Å². The van der Waals surface area contributed by atoms with Crippen molar-refractivity contribution in [3.05, 3.63) is 68.7 Å². The Morgan fingerprint density at radius 2 is 1.74 bits per heavy atom. The summed E-state index contributed by atoms with van der Waals surface area (Å²) in [6.45, 7) is 5.83. The van der Waals surface area contributed by atoms with E-state index in [0.29, 0.717) is 6.42 Å². The molecule has 1 saturated heterocycles. The number of nitrogens with one attached hydrogen (secondary N) is 1. The first kappa shape index (κ1) is 31.5. The van der Waals surface area contributed by atoms with Crippen molar-refractivity contribution in [2.75, 3.05) is 0 Å². The van der Waals surface area contributed by atoms with E-state index in [4.69, 9.17) is 21.5 Å². The monoisotopic (exact) mass is 624 g/mol. The van der Waals surface area contributed by atoms with Crippen molar-refractivity contribution in [1.29, 1.82) is 5.26 Å². The molecule has 1 heterocycles. The number of nitrogens with zero attached hydrogens (tertiary/aromatic N) is 1. The molecule has 0 radical (unpaired) electrons. The molecule has 2 aromatic rings. The number of carboxylic acid groups (broad SMARTS) is 2. The first-order valence-electron chi connectivity index (χ1n) is 11.0. The topological polar surface area (TPSA) is 110 Å². The number of hydrogen-bond acceptors (Lipinski definition) is 4. The third kappa shape index (κ3) is 6.62. The molecule has 0 amide bonds. The number of carbonyl (C=O) groups is 2. The van der Waals surface area contributed by atoms with E-state index < -0.39 is 53.2 Å². The summed E-state index contributed by atoms with van der Waals surface area (Å²) in [7, 11) is 0. The van der Waals surface area contributed by atoms with Crippen LogP contribution in [0.2, 0.25) is 5.02 Å². The molecule has 1 aliphatic heterocycles. The Balaban J connectivity index is 0.000000638. The van der Waals surface area contributed by atoms with Crippen LogP contribution in [0.25, 0.3) is 0 Å². The van der Waals surface area contributed by atoms with Gasteiger partial charge in [-0.3, -0.25) is 10.1 Å². The van der Waals surface area contributed by atoms with Crippen LogP contribution in [0, 0.1) is 28.4 Å². The van der Waals surface area contributed by atoms with Gasteiger partial charge in [-0.05, 0) is 51.5 Å². The lowest BCUT2D eigenvalue weighted by Gasteiger charge is -2.37. The van der Waals surface area contributed by atoms with Crippen LogP contribution >= 0.6 is 27.5 Å². The number of aliphatic carboxylic acids is 2. The SMILES string of the molecule is CC(C)(C)C[C@@H]1N[C@@H](C(=O)O)[C@H](c2cccc(Br)c2F)[C@@]1(C#N)c1ccc(Cl)cc1F.O=C(O)C(F)(F)F. The number of nitriles is 1. The fraction of sp³-hybridized carbons (Fsp3) is 0.400. The Hall–Kier alpha value is -2.75. The van der Waals surface area contributed by atoms with Crippen LogP contribution in [0.5, 0.6) is 0 Å². The zero-order chi connectivity index (χ0) is 29.2. The summed E-state index contributed by atoms with van der Waals surface area (Å²) in [6, 6.07) is 8.60. The number of carboxylic acids is 2. The number of hydrogen-bond donors (Lipinski definition) is 3. The summed E-state index contributed by atoms with van der Waals surface area (Å²) in [6.07, 6.45) is -4.72. The summed E-state index contributed by atoms with van der Waals surface area (Å²) in [5.41, 5.74) is -1.99. The van der Waals surface area contributed by atoms with Crippen molar-refractivity contribution < 1.29 is 41.8 Å². The van der Waals surface area contributed by atoms with E-state index in [0.717, 1.165) is 6.07 Å². The molecule has 0 spiro atoms. The van der Waals surface area contributed by atoms with Crippen LogP contribution in [0.1, 0.15) is 44.2 Å². The van der Waals surface area contributed by atoms with E-state index in [1.54, 1.807) is 6.07 Å². The van der Waals surface area contributed by atoms with Crippen molar-refractivity contribution in [3.63, 3.8) is 0 Å². The van der Waals surface area contributed by atoms with Crippen LogP contribution in [-0.4, -0.2) is 40.4 Å². The predicted molar refractivity (Wildman–Crippen MR) is 132 cm³/mol. The summed E-state index contributed by atoms with van der Waals surface area (Å²) in [4.78, 5) is 21.1. The molecule has 6 nitrogen and oxygen atoms in total. The quantitative estimate of drug-likeness (QED) is 0.338. The van der Waals surface area contributed by atoms with Gasteiger partial charge in [-0.1, -0.05) is 50.6 Å². The van der Waals surface area contributed by atoms with Crippen LogP contribution in [0.4, 0.5) is 22.0 Å². The predicted octanol–water partition coefficient (Wildman–Crippen LogP) is 6.42. The van der Waals surface area contributed by atoms with E-state index in [9.17, 15) is 28.3 Å². The molecule has 38 heavy (non-hydrogen) atoms. The van der Waals surface area contributed by atoms with Gasteiger partial charge in [-0.2, -0.15) is 18.4 Å². The highest BCUT2D eigenvalue weighted by atomic mass is 79.9. The van der Waals surface area contributed by atoms with Crippen molar-refractivity contribution in [2.45, 2.75) is 56.8 Å². The minimum atomic E-state index is -5.08. The molecule has 2 aromatic carbocycles. The lowest BCUT2D eigenvalue weighted by molar-refractivity contribution is -0.192. The molecule has 3 N–H and O–H groups in total. The molecule has 0 aliphatic carbocycles. The minimum absolute atomic E-state index is 0.00530. The standard InChI is InChI=1S/C23H22BrClF2N2O2.C2HF3O2/c1-22(2,3)10-17-23(11-28,14-8-7-12(25)9-16(14)26)18(20(29-17)21(30)31)13-5-4-6-15(24)19(13)27;3-2(4,5)1(6)7/h4-9,17-18,20,29H,10H2,1-3H3,(H,30,31);(H,6,7)/t17-,18-,20+,23-;/m0./s1. The summed E-state index contributed by atoms with van der Waals surface area (Å²) in [5.74, 6) is -6.59. The van der Waals surface area contributed by atoms with Crippen LogP contribution in [0.3, 0.4) is 0 Å². The number of benzene rings is 2. The van der Waals surface area contributed by atoms with Gasteiger partial charge in [0.2, 0.25) is 0 Å². The number of alkyl halides is 3. The zero-order valence-electron chi connectivity index (χ0n) is 20.2. The van der Waals surface area contributed by atoms with E-state index in [-0.39, 0.29) is 26.0 Å². The lowest BCUT2D eigenvalue weighted by atomic mass is 9.62. The Labute approximate surface area is 228 Å². The van der Waals surface area contributed by atoms with Gasteiger partial charge in [0, 0.05) is 22.5 Å². The fourth-order valence-corrected chi connectivity index (χ4v) is 5.08. The largest absolute Gasteiger partial charge is 0.490 e. The normalized spacial score (nSPS) is 23.2. The maximum Gasteiger partial charge on any atom is 0.490 e. The van der Waals surface area contributed by atoms with Crippen molar-refractivity contribution in [1.82, 2.24) is 5.32 Å².